The fourth-order valence-electron chi connectivity index (χ4n) is 4.09. The summed E-state index contributed by atoms with van der Waals surface area (Å²) in [5.74, 6) is -0.153. The highest BCUT2D eigenvalue weighted by atomic mass is 127. The second-order valence-corrected chi connectivity index (χ2v) is 14.3. The molecular formula is C26H31BINO5S. The van der Waals surface area contributed by atoms with Crippen LogP contribution in [-0.2, 0) is 19.3 Å². The van der Waals surface area contributed by atoms with Gasteiger partial charge in [-0.05, 0) is 86.9 Å². The standard InChI is InChI=1S/C26H31BINO5S/c1-16-9-11-18(12-10-16)35(31,32)29-15-19(23(30)24(2,3)4)22-20(13-17(28)14-21(22)29)27-33-25(5,6)26(7,8)34-27/h9-15H,1-8H3. The van der Waals surface area contributed by atoms with Crippen molar-refractivity contribution in [3.05, 3.63) is 57.3 Å². The molecule has 1 aliphatic rings. The Balaban J connectivity index is 2.05. The van der Waals surface area contributed by atoms with Gasteiger partial charge < -0.3 is 9.31 Å². The third-order valence-corrected chi connectivity index (χ3v) is 9.19. The van der Waals surface area contributed by atoms with Crippen molar-refractivity contribution < 1.29 is 22.5 Å². The molecule has 2 heterocycles. The molecule has 0 bridgehead atoms. The van der Waals surface area contributed by atoms with Gasteiger partial charge in [-0.1, -0.05) is 38.5 Å². The van der Waals surface area contributed by atoms with Crippen LogP contribution in [0.25, 0.3) is 10.9 Å². The van der Waals surface area contributed by atoms with E-state index in [9.17, 15) is 13.2 Å². The summed E-state index contributed by atoms with van der Waals surface area (Å²) >= 11 is 2.16. The minimum atomic E-state index is -3.96. The van der Waals surface area contributed by atoms with Crippen molar-refractivity contribution in [1.29, 1.82) is 0 Å². The molecule has 0 N–H and O–H groups in total. The molecule has 0 spiro atoms. The van der Waals surface area contributed by atoms with E-state index in [4.69, 9.17) is 9.31 Å². The van der Waals surface area contributed by atoms with E-state index in [0.717, 1.165) is 9.13 Å². The van der Waals surface area contributed by atoms with Gasteiger partial charge in [0.1, 0.15) is 0 Å². The van der Waals surface area contributed by atoms with Gasteiger partial charge in [0, 0.05) is 26.1 Å². The maximum Gasteiger partial charge on any atom is 0.495 e. The number of benzene rings is 2. The average Bonchev–Trinajstić information content (AvgIpc) is 3.20. The van der Waals surface area contributed by atoms with Crippen molar-refractivity contribution in [2.24, 2.45) is 5.41 Å². The molecule has 9 heteroatoms. The molecule has 1 aromatic heterocycles. The largest absolute Gasteiger partial charge is 0.495 e. The topological polar surface area (TPSA) is 74.6 Å². The highest BCUT2D eigenvalue weighted by Crippen LogP contribution is 2.38. The highest BCUT2D eigenvalue weighted by molar-refractivity contribution is 14.1. The highest BCUT2D eigenvalue weighted by Gasteiger charge is 2.52. The van der Waals surface area contributed by atoms with Gasteiger partial charge in [-0.15, -0.1) is 0 Å². The van der Waals surface area contributed by atoms with E-state index in [1.54, 1.807) is 30.3 Å². The second kappa shape index (κ2) is 8.43. The van der Waals surface area contributed by atoms with Crippen LogP contribution in [0.15, 0.2) is 47.5 Å². The van der Waals surface area contributed by atoms with Gasteiger partial charge in [-0.25, -0.2) is 12.4 Å². The lowest BCUT2D eigenvalue weighted by atomic mass is 9.75. The van der Waals surface area contributed by atoms with Gasteiger partial charge >= 0.3 is 7.12 Å². The van der Waals surface area contributed by atoms with Crippen molar-refractivity contribution >= 4 is 61.9 Å². The Bertz CT molecular complexity index is 1420. The van der Waals surface area contributed by atoms with Gasteiger partial charge in [-0.3, -0.25) is 4.79 Å². The third-order valence-electron chi connectivity index (χ3n) is 6.88. The fraction of sp³-hybridized carbons (Fsp3) is 0.423. The zero-order valence-corrected chi connectivity index (χ0v) is 24.4. The van der Waals surface area contributed by atoms with Crippen LogP contribution < -0.4 is 5.46 Å². The first-order chi connectivity index (χ1) is 16.0. The number of ketones is 1. The maximum atomic E-state index is 13.8. The predicted molar refractivity (Wildman–Crippen MR) is 148 cm³/mol. The summed E-state index contributed by atoms with van der Waals surface area (Å²) in [5.41, 5.74) is 0.479. The quantitative estimate of drug-likeness (QED) is 0.228. The molecule has 1 saturated heterocycles. The predicted octanol–water partition coefficient (Wildman–Crippen LogP) is 5.32. The number of aromatic nitrogens is 1. The zero-order chi connectivity index (χ0) is 26.1. The van der Waals surface area contributed by atoms with E-state index < -0.39 is 33.8 Å². The number of fused-ring (bicyclic) bond motifs is 1. The third kappa shape index (κ3) is 4.49. The summed E-state index contributed by atoms with van der Waals surface area (Å²) in [6.07, 6.45) is 1.46. The monoisotopic (exact) mass is 607 g/mol. The number of halogens is 1. The fourth-order valence-corrected chi connectivity index (χ4v) is 6.07. The Labute approximate surface area is 221 Å². The maximum absolute atomic E-state index is 13.8. The number of Topliss-reactive ketones (excluding diaryl/α,β-unsaturated/α-hetero) is 1. The molecule has 6 nitrogen and oxygen atoms in total. The Morgan fingerprint density at radius 2 is 1.54 bits per heavy atom. The summed E-state index contributed by atoms with van der Waals surface area (Å²) in [5, 5.41) is 0.541. The molecule has 0 unspecified atom stereocenters. The van der Waals surface area contributed by atoms with Crippen LogP contribution in [-0.4, -0.2) is 36.5 Å². The number of hydrogen-bond acceptors (Lipinski definition) is 5. The number of hydrogen-bond donors (Lipinski definition) is 0. The van der Waals surface area contributed by atoms with Crippen LogP contribution in [0, 0.1) is 15.9 Å². The summed E-state index contributed by atoms with van der Waals surface area (Å²) in [6, 6.07) is 10.4. The van der Waals surface area contributed by atoms with Gasteiger partial charge in [-0.2, -0.15) is 0 Å². The Morgan fingerprint density at radius 1 is 1.00 bits per heavy atom. The Hall–Kier alpha value is -1.69. The second-order valence-electron chi connectivity index (χ2n) is 11.2. The summed E-state index contributed by atoms with van der Waals surface area (Å²) < 4.78 is 42.3. The van der Waals surface area contributed by atoms with Crippen molar-refractivity contribution in [3.63, 3.8) is 0 Å². The molecule has 1 fully saturated rings. The first-order valence-corrected chi connectivity index (χ1v) is 14.0. The van der Waals surface area contributed by atoms with Gasteiger partial charge in [0.05, 0.1) is 21.6 Å². The first-order valence-electron chi connectivity index (χ1n) is 11.5. The van der Waals surface area contributed by atoms with Crippen LogP contribution in [0.2, 0.25) is 0 Å². The molecule has 0 amide bonds. The molecule has 35 heavy (non-hydrogen) atoms. The Kier molecular flexibility index (Phi) is 6.35. The molecule has 0 aliphatic carbocycles. The van der Waals surface area contributed by atoms with E-state index in [1.165, 1.54) is 10.2 Å². The molecule has 2 aromatic carbocycles. The molecule has 186 valence electrons. The van der Waals surface area contributed by atoms with Gasteiger partial charge in [0.25, 0.3) is 10.0 Å². The van der Waals surface area contributed by atoms with E-state index in [2.05, 4.69) is 22.6 Å². The number of nitrogens with zero attached hydrogens (tertiary/aromatic N) is 1. The SMILES string of the molecule is Cc1ccc(S(=O)(=O)n2cc(C(=O)C(C)(C)C)c3c(B4OC(C)(C)C(C)(C)O4)cc(I)cc32)cc1. The number of carbonyl (C=O) groups excluding carboxylic acids is 1. The van der Waals surface area contributed by atoms with E-state index in [0.29, 0.717) is 21.9 Å². The van der Waals surface area contributed by atoms with Crippen molar-refractivity contribution in [3.8, 4) is 0 Å². The molecular weight excluding hydrogens is 576 g/mol. The van der Waals surface area contributed by atoms with Crippen molar-refractivity contribution in [2.75, 3.05) is 0 Å². The summed E-state index contributed by atoms with van der Waals surface area (Å²) in [6.45, 7) is 15.2. The number of carbonyl (C=O) groups is 1. The van der Waals surface area contributed by atoms with E-state index in [1.807, 2.05) is 61.5 Å². The lowest BCUT2D eigenvalue weighted by molar-refractivity contribution is 0.00578. The van der Waals surface area contributed by atoms with Crippen molar-refractivity contribution in [2.45, 2.75) is 71.5 Å². The van der Waals surface area contributed by atoms with E-state index >= 15 is 0 Å². The van der Waals surface area contributed by atoms with Crippen LogP contribution in [0.5, 0.6) is 0 Å². The summed E-state index contributed by atoms with van der Waals surface area (Å²) in [4.78, 5) is 13.8. The van der Waals surface area contributed by atoms with Crippen LogP contribution >= 0.6 is 22.6 Å². The van der Waals surface area contributed by atoms with Crippen LogP contribution in [0.1, 0.15) is 64.4 Å². The number of rotatable bonds is 4. The van der Waals surface area contributed by atoms with Crippen molar-refractivity contribution in [1.82, 2.24) is 3.97 Å². The Morgan fingerprint density at radius 3 is 2.06 bits per heavy atom. The lowest BCUT2D eigenvalue weighted by Crippen LogP contribution is -2.41. The molecule has 0 radical (unpaired) electrons. The molecule has 0 atom stereocenters. The molecule has 3 aromatic rings. The van der Waals surface area contributed by atoms with Gasteiger partial charge in [0.2, 0.25) is 0 Å². The minimum Gasteiger partial charge on any atom is -0.399 e. The minimum absolute atomic E-state index is 0.153. The van der Waals surface area contributed by atoms with E-state index in [-0.39, 0.29) is 10.7 Å². The molecule has 4 rings (SSSR count). The lowest BCUT2D eigenvalue weighted by Gasteiger charge is -2.32. The first kappa shape index (κ1) is 26.4. The molecule has 1 aliphatic heterocycles. The van der Waals surface area contributed by atoms with Crippen LogP contribution in [0.3, 0.4) is 0 Å². The number of aryl methyl sites for hydroxylation is 1. The average molecular weight is 607 g/mol. The zero-order valence-electron chi connectivity index (χ0n) is 21.4. The summed E-state index contributed by atoms with van der Waals surface area (Å²) in [7, 11) is -4.71. The normalized spacial score (nSPS) is 17.8. The smallest absolute Gasteiger partial charge is 0.399 e. The van der Waals surface area contributed by atoms with Gasteiger partial charge in [0.15, 0.2) is 5.78 Å². The molecule has 0 saturated carbocycles. The van der Waals surface area contributed by atoms with Crippen LogP contribution in [0.4, 0.5) is 0 Å².